The average molecular weight is 475 g/mol. The summed E-state index contributed by atoms with van der Waals surface area (Å²) in [6.07, 6.45) is 1.80. The van der Waals surface area contributed by atoms with Crippen LogP contribution in [0.4, 0.5) is 8.78 Å². The van der Waals surface area contributed by atoms with Crippen LogP contribution in [0.2, 0.25) is 0 Å². The number of hydrogen-bond acceptors (Lipinski definition) is 4. The van der Waals surface area contributed by atoms with Crippen molar-refractivity contribution in [1.82, 2.24) is 20.0 Å². The number of nitrogens with zero attached hydrogens (tertiary/aromatic N) is 3. The normalized spacial score (nSPS) is 15.8. The number of H-pyrrole nitrogens is 1. The highest BCUT2D eigenvalue weighted by atomic mass is 19.1. The lowest BCUT2D eigenvalue weighted by molar-refractivity contribution is 0.127. The van der Waals surface area contributed by atoms with Crippen LogP contribution >= 0.6 is 0 Å². The van der Waals surface area contributed by atoms with Crippen molar-refractivity contribution in [2.45, 2.75) is 6.04 Å². The quantitative estimate of drug-likeness (QED) is 0.408. The van der Waals surface area contributed by atoms with Gasteiger partial charge in [-0.15, -0.1) is 0 Å². The Bertz CT molecular complexity index is 1300. The number of halogens is 2. The summed E-state index contributed by atoms with van der Waals surface area (Å²) in [6.45, 7) is 3.67. The van der Waals surface area contributed by atoms with Crippen LogP contribution in [0.1, 0.15) is 17.2 Å². The van der Waals surface area contributed by atoms with E-state index in [0.29, 0.717) is 11.3 Å². The minimum absolute atomic E-state index is 0.0984. The highest BCUT2D eigenvalue weighted by Gasteiger charge is 2.29. The van der Waals surface area contributed by atoms with Crippen molar-refractivity contribution in [3.8, 4) is 28.1 Å². The molecule has 1 aliphatic heterocycles. The number of ether oxygens (including phenoxy) is 1. The number of aromatic amines is 1. The maximum absolute atomic E-state index is 14.7. The fraction of sp³-hybridized carbons (Fsp3) is 0.250. The lowest BCUT2D eigenvalue weighted by Crippen LogP contribution is -2.46. The van der Waals surface area contributed by atoms with E-state index < -0.39 is 5.82 Å². The second-order valence-electron chi connectivity index (χ2n) is 8.89. The molecule has 0 bridgehead atoms. The van der Waals surface area contributed by atoms with Crippen molar-refractivity contribution in [1.29, 1.82) is 0 Å². The molecular formula is C28H28F2N4O. The van der Waals surface area contributed by atoms with Gasteiger partial charge in [0.2, 0.25) is 0 Å². The molecule has 1 N–H and O–H groups in total. The van der Waals surface area contributed by atoms with Gasteiger partial charge in [0.15, 0.2) is 11.6 Å². The van der Waals surface area contributed by atoms with Crippen LogP contribution in [0.15, 0.2) is 72.9 Å². The number of methoxy groups -OCH3 is 1. The van der Waals surface area contributed by atoms with Crippen LogP contribution in [0, 0.1) is 11.6 Å². The first-order valence-corrected chi connectivity index (χ1v) is 11.7. The lowest BCUT2D eigenvalue weighted by atomic mass is 9.92. The monoisotopic (exact) mass is 474 g/mol. The number of hydrogen-bond donors (Lipinski definition) is 1. The summed E-state index contributed by atoms with van der Waals surface area (Å²) in [5.74, 6) is -0.453. The maximum Gasteiger partial charge on any atom is 0.165 e. The Labute approximate surface area is 204 Å². The first-order valence-electron chi connectivity index (χ1n) is 11.7. The number of benzene rings is 3. The highest BCUT2D eigenvalue weighted by Crippen LogP contribution is 2.37. The standard InChI is InChI=1S/C28H28F2N4O/c1-33-13-15-34(16-14-33)28(23-18-31-32-27(23)22-5-3-4-6-24(22)29)20-9-7-19(8-10-20)21-11-12-26(35-2)25(30)17-21/h3-12,17-18,28H,13-16H2,1-2H3,(H,31,32). The molecule has 2 heterocycles. The fourth-order valence-corrected chi connectivity index (χ4v) is 4.75. The number of nitrogens with one attached hydrogen (secondary N) is 1. The molecule has 4 aromatic rings. The molecular weight excluding hydrogens is 446 g/mol. The molecule has 1 atom stereocenters. The molecule has 1 fully saturated rings. The largest absolute Gasteiger partial charge is 0.494 e. The Morgan fingerprint density at radius 2 is 1.60 bits per heavy atom. The van der Waals surface area contributed by atoms with E-state index in [4.69, 9.17) is 4.74 Å². The van der Waals surface area contributed by atoms with Gasteiger partial charge in [-0.2, -0.15) is 5.10 Å². The number of piperazine rings is 1. The van der Waals surface area contributed by atoms with Crippen LogP contribution in [0.5, 0.6) is 5.75 Å². The third-order valence-corrected chi connectivity index (χ3v) is 6.72. The Hall–Kier alpha value is -3.55. The summed E-state index contributed by atoms with van der Waals surface area (Å²) in [5.41, 5.74) is 4.89. The third kappa shape index (κ3) is 4.70. The fourth-order valence-electron chi connectivity index (χ4n) is 4.75. The van der Waals surface area contributed by atoms with E-state index in [0.717, 1.165) is 48.4 Å². The van der Waals surface area contributed by atoms with Crippen LogP contribution in [-0.2, 0) is 0 Å². The molecule has 0 amide bonds. The van der Waals surface area contributed by atoms with Crippen LogP contribution in [0.3, 0.4) is 0 Å². The zero-order valence-electron chi connectivity index (χ0n) is 19.8. The van der Waals surface area contributed by atoms with Crippen molar-refractivity contribution < 1.29 is 13.5 Å². The molecule has 5 rings (SSSR count). The van der Waals surface area contributed by atoms with Crippen LogP contribution in [0.25, 0.3) is 22.4 Å². The summed E-state index contributed by atoms with van der Waals surface area (Å²) in [4.78, 5) is 4.72. The van der Waals surface area contributed by atoms with Crippen molar-refractivity contribution in [2.24, 2.45) is 0 Å². The topological polar surface area (TPSA) is 44.4 Å². The SMILES string of the molecule is COc1ccc(-c2ccc(C(c3cn[nH]c3-c3ccccc3F)N3CCN(C)CC3)cc2)cc1F. The summed E-state index contributed by atoms with van der Waals surface area (Å²) < 4.78 is 34.0. The summed E-state index contributed by atoms with van der Waals surface area (Å²) in [6, 6.07) is 19.8. The van der Waals surface area contributed by atoms with Gasteiger partial charge in [-0.05, 0) is 48.0 Å². The number of likely N-dealkylation sites (N-methyl/N-ethyl adjacent to an activating group) is 1. The third-order valence-electron chi connectivity index (χ3n) is 6.72. The Morgan fingerprint density at radius 1 is 0.886 bits per heavy atom. The molecule has 180 valence electrons. The van der Waals surface area contributed by atoms with E-state index in [1.807, 2.05) is 24.3 Å². The second kappa shape index (κ2) is 9.98. The molecule has 5 nitrogen and oxygen atoms in total. The molecule has 7 heteroatoms. The molecule has 0 saturated carbocycles. The molecule has 0 aliphatic carbocycles. The minimum atomic E-state index is -0.391. The number of aromatic nitrogens is 2. The van der Waals surface area contributed by atoms with E-state index in [-0.39, 0.29) is 17.6 Å². The van der Waals surface area contributed by atoms with Crippen molar-refractivity contribution in [2.75, 3.05) is 40.3 Å². The van der Waals surface area contributed by atoms with E-state index >= 15 is 0 Å². The van der Waals surface area contributed by atoms with Crippen molar-refractivity contribution in [3.05, 3.63) is 95.7 Å². The highest BCUT2D eigenvalue weighted by molar-refractivity contribution is 5.67. The lowest BCUT2D eigenvalue weighted by Gasteiger charge is -2.38. The van der Waals surface area contributed by atoms with Crippen molar-refractivity contribution in [3.63, 3.8) is 0 Å². The Morgan fingerprint density at radius 3 is 2.29 bits per heavy atom. The van der Waals surface area contributed by atoms with E-state index in [2.05, 4.69) is 39.2 Å². The van der Waals surface area contributed by atoms with Gasteiger partial charge in [0.05, 0.1) is 25.0 Å². The van der Waals surface area contributed by atoms with Gasteiger partial charge in [-0.3, -0.25) is 10.00 Å². The van der Waals surface area contributed by atoms with E-state index in [9.17, 15) is 8.78 Å². The maximum atomic E-state index is 14.7. The smallest absolute Gasteiger partial charge is 0.165 e. The predicted molar refractivity (Wildman–Crippen MR) is 133 cm³/mol. The second-order valence-corrected chi connectivity index (χ2v) is 8.89. The molecule has 1 aliphatic rings. The van der Waals surface area contributed by atoms with Crippen LogP contribution in [-0.4, -0.2) is 60.3 Å². The molecule has 35 heavy (non-hydrogen) atoms. The molecule has 0 radical (unpaired) electrons. The minimum Gasteiger partial charge on any atom is -0.494 e. The predicted octanol–water partition coefficient (Wildman–Crippen LogP) is 5.37. The molecule has 3 aromatic carbocycles. The first-order chi connectivity index (χ1) is 17.0. The van der Waals surface area contributed by atoms with Gasteiger partial charge in [0.25, 0.3) is 0 Å². The van der Waals surface area contributed by atoms with Gasteiger partial charge in [0, 0.05) is 37.3 Å². The van der Waals surface area contributed by atoms with Gasteiger partial charge in [-0.1, -0.05) is 42.5 Å². The Kier molecular flexibility index (Phi) is 6.61. The molecule has 1 saturated heterocycles. The van der Waals surface area contributed by atoms with Crippen molar-refractivity contribution >= 4 is 0 Å². The van der Waals surface area contributed by atoms with E-state index in [1.165, 1.54) is 19.2 Å². The Balaban J connectivity index is 1.54. The number of rotatable bonds is 6. The molecule has 0 spiro atoms. The van der Waals surface area contributed by atoms with E-state index in [1.54, 1.807) is 24.4 Å². The summed E-state index contributed by atoms with van der Waals surface area (Å²) in [7, 11) is 3.58. The zero-order chi connectivity index (χ0) is 24.4. The van der Waals surface area contributed by atoms with Gasteiger partial charge < -0.3 is 9.64 Å². The zero-order valence-corrected chi connectivity index (χ0v) is 19.8. The summed E-state index contributed by atoms with van der Waals surface area (Å²) >= 11 is 0. The van der Waals surface area contributed by atoms with Gasteiger partial charge >= 0.3 is 0 Å². The van der Waals surface area contributed by atoms with Gasteiger partial charge in [-0.25, -0.2) is 8.78 Å². The average Bonchev–Trinajstić information content (AvgIpc) is 3.35. The van der Waals surface area contributed by atoms with Crippen LogP contribution < -0.4 is 4.74 Å². The van der Waals surface area contributed by atoms with Gasteiger partial charge in [0.1, 0.15) is 5.82 Å². The summed E-state index contributed by atoms with van der Waals surface area (Å²) in [5, 5.41) is 7.34. The first kappa shape index (κ1) is 23.2. The molecule has 1 aromatic heterocycles. The molecule has 1 unspecified atom stereocenters.